The zero-order valence-corrected chi connectivity index (χ0v) is 8.34. The molecule has 1 fully saturated rings. The van der Waals surface area contributed by atoms with E-state index in [1.54, 1.807) is 6.07 Å². The van der Waals surface area contributed by atoms with Crippen LogP contribution in [0.1, 0.15) is 17.9 Å². The Balaban J connectivity index is 2.28. The van der Waals surface area contributed by atoms with Crippen molar-refractivity contribution in [2.75, 3.05) is 12.3 Å². The Labute approximate surface area is 87.2 Å². The molecule has 3 N–H and O–H groups in total. The number of rotatable bonds is 1. The van der Waals surface area contributed by atoms with E-state index in [1.807, 2.05) is 12.1 Å². The van der Waals surface area contributed by atoms with Crippen LogP contribution in [0.25, 0.3) is 0 Å². The number of nitrogens with two attached hydrogens (primary N) is 1. The van der Waals surface area contributed by atoms with Gasteiger partial charge in [-0.15, -0.1) is 0 Å². The first kappa shape index (κ1) is 9.34. The molecule has 1 saturated heterocycles. The van der Waals surface area contributed by atoms with Crippen LogP contribution in [0.2, 0.25) is 5.02 Å². The molecule has 0 aromatic heterocycles. The topological polar surface area (TPSA) is 55.1 Å². The summed E-state index contributed by atoms with van der Waals surface area (Å²) in [6.45, 7) is 0.669. The van der Waals surface area contributed by atoms with Crippen molar-refractivity contribution in [3.8, 4) is 0 Å². The first-order valence-corrected chi connectivity index (χ1v) is 4.86. The lowest BCUT2D eigenvalue weighted by molar-refractivity contribution is -0.119. The molecule has 1 aliphatic rings. The number of anilines is 1. The number of hydrogen-bond donors (Lipinski definition) is 2. The van der Waals surface area contributed by atoms with Gasteiger partial charge in [-0.25, -0.2) is 0 Å². The summed E-state index contributed by atoms with van der Waals surface area (Å²) in [5.74, 6) is 0.276. The molecule has 1 aromatic rings. The fraction of sp³-hybridized carbons (Fsp3) is 0.300. The molecular formula is C10H11ClN2O. The van der Waals surface area contributed by atoms with Gasteiger partial charge in [-0.2, -0.15) is 0 Å². The van der Waals surface area contributed by atoms with Crippen LogP contribution in [0.4, 0.5) is 5.69 Å². The average Bonchev–Trinajstić information content (AvgIpc) is 2.51. The second-order valence-electron chi connectivity index (χ2n) is 3.49. The molecule has 0 aliphatic carbocycles. The van der Waals surface area contributed by atoms with Crippen LogP contribution >= 0.6 is 11.6 Å². The molecule has 1 atom stereocenters. The van der Waals surface area contributed by atoms with Gasteiger partial charge < -0.3 is 11.1 Å². The molecule has 1 amide bonds. The van der Waals surface area contributed by atoms with E-state index in [2.05, 4.69) is 5.32 Å². The number of nitrogens with one attached hydrogen (secondary N) is 1. The first-order valence-electron chi connectivity index (χ1n) is 4.48. The number of amides is 1. The van der Waals surface area contributed by atoms with E-state index in [-0.39, 0.29) is 11.8 Å². The Morgan fingerprint density at radius 2 is 2.29 bits per heavy atom. The highest BCUT2D eigenvalue weighted by molar-refractivity contribution is 6.31. The van der Waals surface area contributed by atoms with Gasteiger partial charge in [-0.3, -0.25) is 4.79 Å². The Bertz CT molecular complexity index is 378. The molecule has 0 bridgehead atoms. The molecular weight excluding hydrogens is 200 g/mol. The number of benzene rings is 1. The SMILES string of the molecule is Nc1ccc(C2CNC(=O)C2)c(Cl)c1. The van der Waals surface area contributed by atoms with Gasteiger partial charge in [0, 0.05) is 29.6 Å². The van der Waals surface area contributed by atoms with Crippen molar-refractivity contribution in [3.63, 3.8) is 0 Å². The summed E-state index contributed by atoms with van der Waals surface area (Å²) in [6, 6.07) is 5.42. The number of carbonyl (C=O) groups excluding carboxylic acids is 1. The van der Waals surface area contributed by atoms with E-state index >= 15 is 0 Å². The molecule has 1 heterocycles. The normalized spacial score (nSPS) is 20.9. The summed E-state index contributed by atoms with van der Waals surface area (Å²) in [4.78, 5) is 11.0. The largest absolute Gasteiger partial charge is 0.399 e. The van der Waals surface area contributed by atoms with Gasteiger partial charge in [0.15, 0.2) is 0 Å². The van der Waals surface area contributed by atoms with Crippen LogP contribution in [0.5, 0.6) is 0 Å². The lowest BCUT2D eigenvalue weighted by Crippen LogP contribution is -2.13. The highest BCUT2D eigenvalue weighted by atomic mass is 35.5. The Kier molecular flexibility index (Phi) is 2.33. The molecule has 14 heavy (non-hydrogen) atoms. The van der Waals surface area contributed by atoms with Crippen molar-refractivity contribution in [1.82, 2.24) is 5.32 Å². The summed E-state index contributed by atoms with van der Waals surface area (Å²) in [6.07, 6.45) is 0.517. The third kappa shape index (κ3) is 1.68. The van der Waals surface area contributed by atoms with Crippen LogP contribution in [-0.4, -0.2) is 12.5 Å². The van der Waals surface area contributed by atoms with Crippen LogP contribution < -0.4 is 11.1 Å². The quantitative estimate of drug-likeness (QED) is 0.691. The Hall–Kier alpha value is -1.22. The van der Waals surface area contributed by atoms with Crippen LogP contribution in [-0.2, 0) is 4.79 Å². The van der Waals surface area contributed by atoms with Crippen molar-refractivity contribution >= 4 is 23.2 Å². The van der Waals surface area contributed by atoms with Crippen LogP contribution in [0.3, 0.4) is 0 Å². The minimum Gasteiger partial charge on any atom is -0.399 e. The third-order valence-corrected chi connectivity index (χ3v) is 2.77. The maximum atomic E-state index is 11.0. The van der Waals surface area contributed by atoms with Gasteiger partial charge in [0.2, 0.25) is 5.91 Å². The van der Waals surface area contributed by atoms with Gasteiger partial charge in [0.25, 0.3) is 0 Å². The molecule has 0 spiro atoms. The molecule has 1 aliphatic heterocycles. The summed E-state index contributed by atoms with van der Waals surface area (Å²) < 4.78 is 0. The second-order valence-corrected chi connectivity index (χ2v) is 3.89. The smallest absolute Gasteiger partial charge is 0.220 e. The first-order chi connectivity index (χ1) is 6.66. The maximum absolute atomic E-state index is 11.0. The number of hydrogen-bond acceptors (Lipinski definition) is 2. The third-order valence-electron chi connectivity index (χ3n) is 2.44. The number of carbonyl (C=O) groups is 1. The summed E-state index contributed by atoms with van der Waals surface area (Å²) in [5.41, 5.74) is 7.23. The standard InChI is InChI=1S/C10H11ClN2O/c11-9-4-7(12)1-2-8(9)6-3-10(14)13-5-6/h1-2,4,6H,3,5,12H2,(H,13,14). The van der Waals surface area contributed by atoms with Crippen molar-refractivity contribution < 1.29 is 4.79 Å². The second kappa shape index (κ2) is 3.50. The van der Waals surface area contributed by atoms with Crippen molar-refractivity contribution in [3.05, 3.63) is 28.8 Å². The van der Waals surface area contributed by atoms with Crippen molar-refractivity contribution in [2.45, 2.75) is 12.3 Å². The van der Waals surface area contributed by atoms with E-state index in [1.165, 1.54) is 0 Å². The van der Waals surface area contributed by atoms with Gasteiger partial charge >= 0.3 is 0 Å². The van der Waals surface area contributed by atoms with Crippen LogP contribution in [0, 0.1) is 0 Å². The lowest BCUT2D eigenvalue weighted by Gasteiger charge is -2.10. The van der Waals surface area contributed by atoms with E-state index in [9.17, 15) is 4.79 Å². The van der Waals surface area contributed by atoms with Crippen molar-refractivity contribution in [2.24, 2.45) is 0 Å². The van der Waals surface area contributed by atoms with Gasteiger partial charge in [-0.1, -0.05) is 17.7 Å². The highest BCUT2D eigenvalue weighted by Gasteiger charge is 2.24. The summed E-state index contributed by atoms with van der Waals surface area (Å²) >= 11 is 6.04. The molecule has 4 heteroatoms. The Morgan fingerprint density at radius 3 is 2.86 bits per heavy atom. The fourth-order valence-corrected chi connectivity index (χ4v) is 2.04. The van der Waals surface area contributed by atoms with E-state index < -0.39 is 0 Å². The van der Waals surface area contributed by atoms with Crippen molar-refractivity contribution in [1.29, 1.82) is 0 Å². The highest BCUT2D eigenvalue weighted by Crippen LogP contribution is 2.30. The van der Waals surface area contributed by atoms with E-state index in [0.29, 0.717) is 23.7 Å². The molecule has 74 valence electrons. The minimum atomic E-state index is 0.0860. The molecule has 1 unspecified atom stereocenters. The number of nitrogen functional groups attached to an aromatic ring is 1. The molecule has 2 rings (SSSR count). The Morgan fingerprint density at radius 1 is 1.50 bits per heavy atom. The van der Waals surface area contributed by atoms with Gasteiger partial charge in [-0.05, 0) is 17.7 Å². The summed E-state index contributed by atoms with van der Waals surface area (Å²) in [5, 5.41) is 3.43. The van der Waals surface area contributed by atoms with Crippen LogP contribution in [0.15, 0.2) is 18.2 Å². The minimum absolute atomic E-state index is 0.0860. The summed E-state index contributed by atoms with van der Waals surface area (Å²) in [7, 11) is 0. The van der Waals surface area contributed by atoms with E-state index in [0.717, 1.165) is 5.56 Å². The van der Waals surface area contributed by atoms with Gasteiger partial charge in [0.1, 0.15) is 0 Å². The average molecular weight is 211 g/mol. The molecule has 1 aromatic carbocycles. The predicted octanol–water partition coefficient (Wildman–Crippen LogP) is 1.53. The fourth-order valence-electron chi connectivity index (χ4n) is 1.70. The predicted molar refractivity (Wildman–Crippen MR) is 56.2 cm³/mol. The zero-order chi connectivity index (χ0) is 10.1. The molecule has 0 radical (unpaired) electrons. The maximum Gasteiger partial charge on any atom is 0.220 e. The molecule has 0 saturated carbocycles. The zero-order valence-electron chi connectivity index (χ0n) is 7.59. The monoisotopic (exact) mass is 210 g/mol. The molecule has 3 nitrogen and oxygen atoms in total. The van der Waals surface area contributed by atoms with E-state index in [4.69, 9.17) is 17.3 Å². The number of halogens is 1. The lowest BCUT2D eigenvalue weighted by atomic mass is 9.98. The van der Waals surface area contributed by atoms with Gasteiger partial charge in [0.05, 0.1) is 0 Å².